The van der Waals surface area contributed by atoms with Crippen LogP contribution in [0.3, 0.4) is 0 Å². The Morgan fingerprint density at radius 2 is 1.77 bits per heavy atom. The molecule has 0 saturated heterocycles. The molecular formula is C20H20O2. The lowest BCUT2D eigenvalue weighted by Gasteiger charge is -2.23. The standard InChI is InChI=1S/C20H20O2/c1-22-17-13-11-16(12-14-17)20(21)19-10-6-5-9-18(19)15-7-3-2-4-8-15/h2-4,7-9,11-14,19H,5-6,10H2,1H3. The molecule has 112 valence electrons. The summed E-state index contributed by atoms with van der Waals surface area (Å²) in [5.74, 6) is 0.945. The molecule has 0 radical (unpaired) electrons. The summed E-state index contributed by atoms with van der Waals surface area (Å²) in [6.07, 6.45) is 5.27. The van der Waals surface area contributed by atoms with Crippen molar-refractivity contribution in [2.45, 2.75) is 19.3 Å². The Kier molecular flexibility index (Phi) is 4.38. The van der Waals surface area contributed by atoms with Crippen molar-refractivity contribution < 1.29 is 9.53 Å². The summed E-state index contributed by atoms with van der Waals surface area (Å²) >= 11 is 0. The fourth-order valence-electron chi connectivity index (χ4n) is 3.06. The van der Waals surface area contributed by atoms with Gasteiger partial charge in [0.2, 0.25) is 0 Å². The Labute approximate surface area is 131 Å². The van der Waals surface area contributed by atoms with E-state index in [0.29, 0.717) is 0 Å². The lowest BCUT2D eigenvalue weighted by Crippen LogP contribution is -2.19. The highest BCUT2D eigenvalue weighted by atomic mass is 16.5. The quantitative estimate of drug-likeness (QED) is 0.759. The molecule has 3 rings (SSSR count). The van der Waals surface area contributed by atoms with Gasteiger partial charge < -0.3 is 4.74 Å². The van der Waals surface area contributed by atoms with E-state index in [9.17, 15) is 4.79 Å². The van der Waals surface area contributed by atoms with Crippen LogP contribution in [-0.4, -0.2) is 12.9 Å². The molecule has 0 amide bonds. The van der Waals surface area contributed by atoms with Gasteiger partial charge in [0, 0.05) is 11.5 Å². The second-order valence-electron chi connectivity index (χ2n) is 5.60. The zero-order chi connectivity index (χ0) is 15.4. The molecule has 2 aromatic rings. The zero-order valence-electron chi connectivity index (χ0n) is 12.8. The maximum absolute atomic E-state index is 12.9. The molecule has 0 N–H and O–H groups in total. The summed E-state index contributed by atoms with van der Waals surface area (Å²) in [6, 6.07) is 17.7. The van der Waals surface area contributed by atoms with Gasteiger partial charge in [-0.3, -0.25) is 4.79 Å². The van der Waals surface area contributed by atoms with Crippen LogP contribution < -0.4 is 4.74 Å². The minimum absolute atomic E-state index is 0.0375. The van der Waals surface area contributed by atoms with Crippen LogP contribution >= 0.6 is 0 Å². The number of carbonyl (C=O) groups excluding carboxylic acids is 1. The average molecular weight is 292 g/mol. The molecule has 0 bridgehead atoms. The van der Waals surface area contributed by atoms with E-state index in [1.54, 1.807) is 7.11 Å². The largest absolute Gasteiger partial charge is 0.497 e. The SMILES string of the molecule is COc1ccc(C(=O)C2CCCC=C2c2ccccc2)cc1. The monoisotopic (exact) mass is 292 g/mol. The van der Waals surface area contributed by atoms with Crippen molar-refractivity contribution in [1.82, 2.24) is 0 Å². The molecule has 1 atom stereocenters. The first-order chi connectivity index (χ1) is 10.8. The Balaban J connectivity index is 1.89. The number of carbonyl (C=O) groups is 1. The van der Waals surface area contributed by atoms with E-state index in [2.05, 4.69) is 18.2 Å². The van der Waals surface area contributed by atoms with Gasteiger partial charge in [0.1, 0.15) is 5.75 Å². The van der Waals surface area contributed by atoms with Gasteiger partial charge in [0.05, 0.1) is 7.11 Å². The van der Waals surface area contributed by atoms with Gasteiger partial charge in [-0.25, -0.2) is 0 Å². The third-order valence-corrected chi connectivity index (χ3v) is 4.23. The van der Waals surface area contributed by atoms with Crippen molar-refractivity contribution in [3.63, 3.8) is 0 Å². The molecule has 0 fully saturated rings. The van der Waals surface area contributed by atoms with Crippen LogP contribution in [0.2, 0.25) is 0 Å². The Hall–Kier alpha value is -2.35. The zero-order valence-corrected chi connectivity index (χ0v) is 12.8. The van der Waals surface area contributed by atoms with E-state index >= 15 is 0 Å². The highest BCUT2D eigenvalue weighted by molar-refractivity contribution is 6.05. The van der Waals surface area contributed by atoms with Gasteiger partial charge in [0.25, 0.3) is 0 Å². The van der Waals surface area contributed by atoms with E-state index < -0.39 is 0 Å². The predicted octanol–water partition coefficient (Wildman–Crippen LogP) is 4.76. The van der Waals surface area contributed by atoms with Crippen LogP contribution in [0.4, 0.5) is 0 Å². The molecule has 1 unspecified atom stereocenters. The van der Waals surface area contributed by atoms with Crippen molar-refractivity contribution in [2.24, 2.45) is 5.92 Å². The van der Waals surface area contributed by atoms with Crippen LogP contribution in [-0.2, 0) is 0 Å². The van der Waals surface area contributed by atoms with E-state index in [-0.39, 0.29) is 11.7 Å². The summed E-state index contributed by atoms with van der Waals surface area (Å²) in [5.41, 5.74) is 3.09. The Bertz CT molecular complexity index is 669. The molecule has 1 aliphatic rings. The first-order valence-electron chi connectivity index (χ1n) is 7.73. The van der Waals surface area contributed by atoms with Crippen LogP contribution in [0.1, 0.15) is 35.2 Å². The molecule has 0 spiro atoms. The molecule has 2 nitrogen and oxygen atoms in total. The maximum atomic E-state index is 12.9. The molecule has 0 aliphatic heterocycles. The summed E-state index contributed by atoms with van der Waals surface area (Å²) in [7, 11) is 1.63. The number of hydrogen-bond acceptors (Lipinski definition) is 2. The van der Waals surface area contributed by atoms with E-state index in [1.165, 1.54) is 5.57 Å². The topological polar surface area (TPSA) is 26.3 Å². The van der Waals surface area contributed by atoms with E-state index in [4.69, 9.17) is 4.74 Å². The first-order valence-corrected chi connectivity index (χ1v) is 7.73. The lowest BCUT2D eigenvalue weighted by atomic mass is 9.79. The number of ether oxygens (including phenoxy) is 1. The van der Waals surface area contributed by atoms with Gasteiger partial charge in [-0.1, -0.05) is 36.4 Å². The summed E-state index contributed by atoms with van der Waals surface area (Å²) in [6.45, 7) is 0. The van der Waals surface area contributed by atoms with Gasteiger partial charge in [-0.05, 0) is 54.7 Å². The second-order valence-corrected chi connectivity index (χ2v) is 5.60. The summed E-state index contributed by atoms with van der Waals surface area (Å²) < 4.78 is 5.16. The fraction of sp³-hybridized carbons (Fsp3) is 0.250. The number of rotatable bonds is 4. The molecule has 22 heavy (non-hydrogen) atoms. The van der Waals surface area contributed by atoms with Crippen LogP contribution in [0, 0.1) is 5.92 Å². The molecule has 0 aromatic heterocycles. The summed E-state index contributed by atoms with van der Waals surface area (Å²) in [4.78, 5) is 12.9. The van der Waals surface area contributed by atoms with Gasteiger partial charge in [-0.2, -0.15) is 0 Å². The van der Waals surface area contributed by atoms with Gasteiger partial charge in [-0.15, -0.1) is 0 Å². The number of hydrogen-bond donors (Lipinski definition) is 0. The summed E-state index contributed by atoms with van der Waals surface area (Å²) in [5, 5.41) is 0. The first kappa shape index (κ1) is 14.6. The molecule has 0 saturated carbocycles. The Morgan fingerprint density at radius 3 is 2.45 bits per heavy atom. The highest BCUT2D eigenvalue weighted by Gasteiger charge is 2.26. The molecule has 0 heterocycles. The number of ketones is 1. The normalized spacial score (nSPS) is 17.7. The second kappa shape index (κ2) is 6.61. The molecule has 2 heteroatoms. The van der Waals surface area contributed by atoms with Crippen LogP contribution in [0.5, 0.6) is 5.75 Å². The maximum Gasteiger partial charge on any atom is 0.170 e. The van der Waals surface area contributed by atoms with E-state index in [1.807, 2.05) is 42.5 Å². The third kappa shape index (κ3) is 2.96. The smallest absolute Gasteiger partial charge is 0.170 e. The lowest BCUT2D eigenvalue weighted by molar-refractivity contribution is 0.0942. The molecule has 2 aromatic carbocycles. The number of benzene rings is 2. The minimum Gasteiger partial charge on any atom is -0.497 e. The average Bonchev–Trinajstić information content (AvgIpc) is 2.62. The fourth-order valence-corrected chi connectivity index (χ4v) is 3.06. The van der Waals surface area contributed by atoms with Crippen molar-refractivity contribution in [3.05, 3.63) is 71.8 Å². The van der Waals surface area contributed by atoms with Crippen molar-refractivity contribution in [1.29, 1.82) is 0 Å². The van der Waals surface area contributed by atoms with Crippen molar-refractivity contribution in [3.8, 4) is 5.75 Å². The van der Waals surface area contributed by atoms with Crippen molar-refractivity contribution >= 4 is 11.4 Å². The van der Waals surface area contributed by atoms with Gasteiger partial charge >= 0.3 is 0 Å². The number of methoxy groups -OCH3 is 1. The van der Waals surface area contributed by atoms with Crippen LogP contribution in [0.15, 0.2) is 60.7 Å². The van der Waals surface area contributed by atoms with Crippen LogP contribution in [0.25, 0.3) is 5.57 Å². The van der Waals surface area contributed by atoms with Gasteiger partial charge in [0.15, 0.2) is 5.78 Å². The highest BCUT2D eigenvalue weighted by Crippen LogP contribution is 2.35. The molecular weight excluding hydrogens is 272 g/mol. The minimum atomic E-state index is -0.0375. The van der Waals surface area contributed by atoms with Crippen molar-refractivity contribution in [2.75, 3.05) is 7.11 Å². The number of Topliss-reactive ketones (excluding diaryl/α,β-unsaturated/α-hetero) is 1. The van der Waals surface area contributed by atoms with E-state index in [0.717, 1.165) is 36.1 Å². The Morgan fingerprint density at radius 1 is 1.05 bits per heavy atom. The number of allylic oxidation sites excluding steroid dienone is 2. The molecule has 1 aliphatic carbocycles. The predicted molar refractivity (Wildman–Crippen MR) is 89.1 cm³/mol. The third-order valence-electron chi connectivity index (χ3n) is 4.23.